The maximum atomic E-state index is 12.2. The molecule has 2 aromatic rings. The third-order valence-corrected chi connectivity index (χ3v) is 4.05. The van der Waals surface area contributed by atoms with Crippen LogP contribution in [0, 0.1) is 0 Å². The normalized spacial score (nSPS) is 10.6. The number of ether oxygens (including phenoxy) is 2. The van der Waals surface area contributed by atoms with Crippen LogP contribution in [0.3, 0.4) is 0 Å². The van der Waals surface area contributed by atoms with Crippen LogP contribution in [0.4, 0.5) is 5.69 Å². The lowest BCUT2D eigenvalue weighted by Crippen LogP contribution is -2.21. The van der Waals surface area contributed by atoms with Crippen LogP contribution in [-0.4, -0.2) is 39.4 Å². The summed E-state index contributed by atoms with van der Waals surface area (Å²) in [6, 6.07) is 13.0. The molecule has 1 amide bonds. The predicted octanol–water partition coefficient (Wildman–Crippen LogP) is 3.31. The fourth-order valence-corrected chi connectivity index (χ4v) is 2.57. The van der Waals surface area contributed by atoms with Gasteiger partial charge in [-0.05, 0) is 49.7 Å². The van der Waals surface area contributed by atoms with E-state index < -0.39 is 0 Å². The highest BCUT2D eigenvalue weighted by Gasteiger charge is 2.10. The Balaban J connectivity index is 2.00. The van der Waals surface area contributed by atoms with Crippen molar-refractivity contribution in [3.05, 3.63) is 53.6 Å². The van der Waals surface area contributed by atoms with Gasteiger partial charge >= 0.3 is 0 Å². The van der Waals surface area contributed by atoms with Gasteiger partial charge in [0.15, 0.2) is 11.5 Å². The number of amides is 1. The summed E-state index contributed by atoms with van der Waals surface area (Å²) in [5.41, 5.74) is 5.04. The van der Waals surface area contributed by atoms with Gasteiger partial charge in [-0.2, -0.15) is 5.10 Å². The fourth-order valence-electron chi connectivity index (χ4n) is 2.57. The molecule has 0 aliphatic heterocycles. The second-order valence-corrected chi connectivity index (χ2v) is 5.53. The Labute approximate surface area is 154 Å². The number of hydrazone groups is 1. The van der Waals surface area contributed by atoms with Crippen LogP contribution in [0.5, 0.6) is 11.5 Å². The average Bonchev–Trinajstić information content (AvgIpc) is 2.69. The zero-order valence-corrected chi connectivity index (χ0v) is 15.7. The van der Waals surface area contributed by atoms with Gasteiger partial charge in [0.05, 0.1) is 20.4 Å². The average molecular weight is 355 g/mol. The summed E-state index contributed by atoms with van der Waals surface area (Å²) < 4.78 is 10.4. The maximum Gasteiger partial charge on any atom is 0.271 e. The highest BCUT2D eigenvalue weighted by atomic mass is 16.5. The Morgan fingerprint density at radius 1 is 1.04 bits per heavy atom. The third-order valence-electron chi connectivity index (χ3n) is 4.05. The minimum Gasteiger partial charge on any atom is -0.493 e. The van der Waals surface area contributed by atoms with E-state index in [1.54, 1.807) is 31.5 Å². The third kappa shape index (κ3) is 4.75. The van der Waals surface area contributed by atoms with Gasteiger partial charge in [0.2, 0.25) is 0 Å². The summed E-state index contributed by atoms with van der Waals surface area (Å²) in [6.45, 7) is 6.18. The number of hydrogen-bond acceptors (Lipinski definition) is 5. The van der Waals surface area contributed by atoms with Gasteiger partial charge in [-0.15, -0.1) is 0 Å². The number of rotatable bonds is 8. The number of methoxy groups -OCH3 is 2. The molecule has 0 fully saturated rings. The molecule has 0 aromatic heterocycles. The van der Waals surface area contributed by atoms with Gasteiger partial charge in [-0.25, -0.2) is 5.43 Å². The molecule has 138 valence electrons. The van der Waals surface area contributed by atoms with Crippen LogP contribution in [0.25, 0.3) is 0 Å². The molecule has 0 unspecified atom stereocenters. The molecule has 6 heteroatoms. The van der Waals surface area contributed by atoms with E-state index in [9.17, 15) is 4.79 Å². The van der Waals surface area contributed by atoms with E-state index in [0.29, 0.717) is 17.1 Å². The highest BCUT2D eigenvalue weighted by molar-refractivity contribution is 5.95. The summed E-state index contributed by atoms with van der Waals surface area (Å²) in [7, 11) is 3.08. The van der Waals surface area contributed by atoms with Crippen molar-refractivity contribution in [2.45, 2.75) is 13.8 Å². The van der Waals surface area contributed by atoms with Crippen molar-refractivity contribution in [3.8, 4) is 11.5 Å². The molecule has 6 nitrogen and oxygen atoms in total. The molecule has 1 N–H and O–H groups in total. The lowest BCUT2D eigenvalue weighted by molar-refractivity contribution is 0.0954. The first-order valence-electron chi connectivity index (χ1n) is 8.53. The smallest absolute Gasteiger partial charge is 0.271 e. The van der Waals surface area contributed by atoms with Crippen LogP contribution in [0.1, 0.15) is 29.8 Å². The number of nitrogens with one attached hydrogen (secondary N) is 1. The van der Waals surface area contributed by atoms with Crippen molar-refractivity contribution in [1.82, 2.24) is 5.43 Å². The Bertz CT molecular complexity index is 753. The molecule has 0 aliphatic rings. The van der Waals surface area contributed by atoms with Crippen LogP contribution in [0.2, 0.25) is 0 Å². The Morgan fingerprint density at radius 3 is 2.27 bits per heavy atom. The molecule has 2 aromatic carbocycles. The van der Waals surface area contributed by atoms with Crippen LogP contribution >= 0.6 is 0 Å². The van der Waals surface area contributed by atoms with Crippen molar-refractivity contribution in [1.29, 1.82) is 0 Å². The van der Waals surface area contributed by atoms with E-state index in [-0.39, 0.29) is 5.91 Å². The van der Waals surface area contributed by atoms with Crippen molar-refractivity contribution in [2.75, 3.05) is 32.2 Å². The summed E-state index contributed by atoms with van der Waals surface area (Å²) in [6.07, 6.45) is 1.62. The van der Waals surface area contributed by atoms with E-state index in [1.807, 2.05) is 24.3 Å². The molecule has 0 atom stereocenters. The second kappa shape index (κ2) is 9.46. The molecule has 2 rings (SSSR count). The minimum absolute atomic E-state index is 0.318. The monoisotopic (exact) mass is 355 g/mol. The first-order chi connectivity index (χ1) is 12.6. The van der Waals surface area contributed by atoms with Crippen molar-refractivity contribution in [2.24, 2.45) is 5.10 Å². The van der Waals surface area contributed by atoms with E-state index in [1.165, 1.54) is 12.8 Å². The number of benzene rings is 2. The predicted molar refractivity (Wildman–Crippen MR) is 105 cm³/mol. The number of nitrogens with zero attached hydrogens (tertiary/aromatic N) is 2. The molecule has 0 radical (unpaired) electrons. The van der Waals surface area contributed by atoms with E-state index >= 15 is 0 Å². The Kier molecular flexibility index (Phi) is 7.02. The van der Waals surface area contributed by atoms with Crippen molar-refractivity contribution < 1.29 is 14.3 Å². The van der Waals surface area contributed by atoms with Gasteiger partial charge in [-0.1, -0.05) is 12.1 Å². The molecular formula is C20H25N3O3. The lowest BCUT2D eigenvalue weighted by Gasteiger charge is -2.20. The van der Waals surface area contributed by atoms with Crippen LogP contribution < -0.4 is 19.8 Å². The number of carbonyl (C=O) groups excluding carboxylic acids is 1. The molecule has 0 saturated carbocycles. The zero-order valence-electron chi connectivity index (χ0n) is 15.7. The lowest BCUT2D eigenvalue weighted by atomic mass is 10.2. The summed E-state index contributed by atoms with van der Waals surface area (Å²) in [5, 5.41) is 4.02. The molecule has 0 aliphatic carbocycles. The minimum atomic E-state index is -0.318. The largest absolute Gasteiger partial charge is 0.493 e. The number of anilines is 1. The quantitative estimate of drug-likeness (QED) is 0.583. The molecular weight excluding hydrogens is 330 g/mol. The topological polar surface area (TPSA) is 63.2 Å². The zero-order chi connectivity index (χ0) is 18.9. The summed E-state index contributed by atoms with van der Waals surface area (Å²) >= 11 is 0. The summed E-state index contributed by atoms with van der Waals surface area (Å²) in [5.74, 6) is 0.749. The van der Waals surface area contributed by atoms with Crippen LogP contribution in [0.15, 0.2) is 47.6 Å². The van der Waals surface area contributed by atoms with Gasteiger partial charge in [0.1, 0.15) is 0 Å². The first kappa shape index (κ1) is 19.3. The Morgan fingerprint density at radius 2 is 1.69 bits per heavy atom. The van der Waals surface area contributed by atoms with Gasteiger partial charge < -0.3 is 14.4 Å². The molecule has 0 saturated heterocycles. The van der Waals surface area contributed by atoms with Crippen LogP contribution in [-0.2, 0) is 0 Å². The van der Waals surface area contributed by atoms with Gasteiger partial charge in [0, 0.05) is 24.3 Å². The van der Waals surface area contributed by atoms with Crippen molar-refractivity contribution in [3.63, 3.8) is 0 Å². The summed E-state index contributed by atoms with van der Waals surface area (Å²) in [4.78, 5) is 14.5. The highest BCUT2D eigenvalue weighted by Crippen LogP contribution is 2.27. The second-order valence-electron chi connectivity index (χ2n) is 5.53. The maximum absolute atomic E-state index is 12.2. The molecule has 26 heavy (non-hydrogen) atoms. The van der Waals surface area contributed by atoms with E-state index in [4.69, 9.17) is 9.47 Å². The van der Waals surface area contributed by atoms with Crippen molar-refractivity contribution >= 4 is 17.8 Å². The molecule has 0 spiro atoms. The number of carbonyl (C=O) groups is 1. The fraction of sp³-hybridized carbons (Fsp3) is 0.300. The number of hydrogen-bond donors (Lipinski definition) is 1. The molecule has 0 bridgehead atoms. The SMILES string of the molecule is CCN(CC)c1ccc(/C=N\NC(=O)c2ccc(OC)c(OC)c2)cc1. The first-order valence-corrected chi connectivity index (χ1v) is 8.53. The van der Waals surface area contributed by atoms with Gasteiger partial charge in [0.25, 0.3) is 5.91 Å². The molecule has 0 heterocycles. The standard InChI is InChI=1S/C20H25N3O3/c1-5-23(6-2)17-10-7-15(8-11-17)14-21-22-20(24)16-9-12-18(25-3)19(13-16)26-4/h7-14H,5-6H2,1-4H3,(H,22,24)/b21-14-. The van der Waals surface area contributed by atoms with Gasteiger partial charge in [-0.3, -0.25) is 4.79 Å². The Hall–Kier alpha value is -3.02. The van der Waals surface area contributed by atoms with E-state index in [0.717, 1.165) is 18.7 Å². The van der Waals surface area contributed by atoms with E-state index in [2.05, 4.69) is 29.3 Å².